The molecule has 3 aromatic rings. The van der Waals surface area contributed by atoms with Crippen LogP contribution in [0.3, 0.4) is 0 Å². The number of aromatic nitrogens is 1. The number of alkyl halides is 5. The molecule has 36 heavy (non-hydrogen) atoms. The molecule has 1 aliphatic rings. The van der Waals surface area contributed by atoms with Crippen molar-refractivity contribution < 1.29 is 41.0 Å². The molecule has 1 fully saturated rings. The van der Waals surface area contributed by atoms with Gasteiger partial charge in [0.1, 0.15) is 0 Å². The van der Waals surface area contributed by atoms with Gasteiger partial charge >= 0.3 is 12.1 Å². The van der Waals surface area contributed by atoms with Gasteiger partial charge in [-0.25, -0.2) is 18.6 Å². The van der Waals surface area contributed by atoms with Gasteiger partial charge in [-0.05, 0) is 36.8 Å². The van der Waals surface area contributed by atoms with Crippen molar-refractivity contribution in [2.75, 3.05) is 13.1 Å². The first-order valence-electron chi connectivity index (χ1n) is 10.6. The Morgan fingerprint density at radius 3 is 2.58 bits per heavy atom. The second-order valence-electron chi connectivity index (χ2n) is 8.20. The summed E-state index contributed by atoms with van der Waals surface area (Å²) in [5.74, 6) is -8.09. The lowest BCUT2D eigenvalue weighted by atomic mass is 10.0. The highest BCUT2D eigenvalue weighted by atomic mass is 35.5. The number of benzene rings is 2. The summed E-state index contributed by atoms with van der Waals surface area (Å²) in [5.41, 5.74) is 1.01. The minimum absolute atomic E-state index is 0.209. The largest absolute Gasteiger partial charge is 0.491 e. The normalized spacial score (nSPS) is 17.6. The first-order chi connectivity index (χ1) is 16.8. The minimum atomic E-state index is -5.34. The van der Waals surface area contributed by atoms with Crippen LogP contribution in [0.5, 0.6) is 11.6 Å². The molecule has 0 bridgehead atoms. The first kappa shape index (κ1) is 25.6. The fourth-order valence-corrected chi connectivity index (χ4v) is 3.87. The summed E-state index contributed by atoms with van der Waals surface area (Å²) in [6.45, 7) is 0.772. The number of hydrogen-bond donors (Lipinski definition) is 0. The molecule has 0 saturated carbocycles. The predicted octanol–water partition coefficient (Wildman–Crippen LogP) is 5.59. The van der Waals surface area contributed by atoms with Crippen LogP contribution >= 0.6 is 11.6 Å². The van der Waals surface area contributed by atoms with E-state index in [0.717, 1.165) is 11.0 Å². The maximum absolute atomic E-state index is 14.8. The number of esters is 1. The van der Waals surface area contributed by atoms with Gasteiger partial charge in [-0.2, -0.15) is 13.2 Å². The van der Waals surface area contributed by atoms with Gasteiger partial charge in [0.2, 0.25) is 0 Å². The molecule has 1 atom stereocenters. The number of carbonyl (C=O) groups is 2. The molecule has 0 spiro atoms. The van der Waals surface area contributed by atoms with E-state index in [9.17, 15) is 31.5 Å². The molecule has 1 aromatic heterocycles. The third kappa shape index (κ3) is 5.35. The zero-order valence-corrected chi connectivity index (χ0v) is 19.4. The highest BCUT2D eigenvalue weighted by molar-refractivity contribution is 6.31. The second-order valence-corrected chi connectivity index (χ2v) is 8.64. The predicted molar refractivity (Wildman–Crippen MR) is 120 cm³/mol. The lowest BCUT2D eigenvalue weighted by Crippen LogP contribution is -2.55. The first-order valence-corrected chi connectivity index (χ1v) is 11.0. The van der Waals surface area contributed by atoms with Gasteiger partial charge in [0.05, 0.1) is 12.1 Å². The Labute approximate surface area is 206 Å². The van der Waals surface area contributed by atoms with Crippen LogP contribution in [0.1, 0.15) is 22.3 Å². The van der Waals surface area contributed by atoms with Crippen LogP contribution in [-0.2, 0) is 4.79 Å². The van der Waals surface area contributed by atoms with Gasteiger partial charge in [-0.1, -0.05) is 35.9 Å². The molecule has 1 unspecified atom stereocenters. The van der Waals surface area contributed by atoms with Crippen molar-refractivity contribution in [2.45, 2.75) is 31.5 Å². The average Bonchev–Trinajstić information content (AvgIpc) is 2.81. The van der Waals surface area contributed by atoms with E-state index in [1.54, 1.807) is 31.2 Å². The van der Waals surface area contributed by atoms with Crippen LogP contribution < -0.4 is 9.47 Å². The van der Waals surface area contributed by atoms with E-state index >= 15 is 0 Å². The van der Waals surface area contributed by atoms with E-state index in [1.807, 2.05) is 0 Å². The molecule has 0 aliphatic carbocycles. The maximum atomic E-state index is 14.8. The lowest BCUT2D eigenvalue weighted by Gasteiger charge is -2.38. The van der Waals surface area contributed by atoms with E-state index in [1.165, 1.54) is 18.2 Å². The third-order valence-corrected chi connectivity index (χ3v) is 5.87. The molecular formula is C24H18ClF5N2O4. The zero-order chi connectivity index (χ0) is 26.3. The quantitative estimate of drug-likeness (QED) is 0.326. The Morgan fingerprint density at radius 2 is 1.86 bits per heavy atom. The number of nitrogens with zero attached hydrogens (tertiary/aromatic N) is 2. The summed E-state index contributed by atoms with van der Waals surface area (Å²) in [6.07, 6.45) is -8.09. The van der Waals surface area contributed by atoms with Gasteiger partial charge in [0, 0.05) is 28.9 Å². The molecule has 0 radical (unpaired) electrons. The van der Waals surface area contributed by atoms with Crippen LogP contribution in [0.15, 0.2) is 48.5 Å². The number of hydrogen-bond acceptors (Lipinski definition) is 5. The molecule has 12 heteroatoms. The van der Waals surface area contributed by atoms with Crippen molar-refractivity contribution in [3.05, 3.63) is 64.7 Å². The average molecular weight is 529 g/mol. The Balaban J connectivity index is 1.66. The maximum Gasteiger partial charge on any atom is 0.491 e. The molecule has 1 saturated heterocycles. The van der Waals surface area contributed by atoms with Gasteiger partial charge in [-0.15, -0.1) is 0 Å². The number of pyridine rings is 1. The third-order valence-electron chi connectivity index (χ3n) is 5.63. The fourth-order valence-electron chi connectivity index (χ4n) is 3.70. The zero-order valence-electron chi connectivity index (χ0n) is 18.6. The Hall–Kier alpha value is -3.47. The molecule has 190 valence electrons. The molecule has 4 rings (SSSR count). The summed E-state index contributed by atoms with van der Waals surface area (Å²) in [6, 6.07) is 11.8. The number of amides is 1. The number of carbonyl (C=O) groups excluding carboxylic acids is 2. The van der Waals surface area contributed by atoms with Crippen molar-refractivity contribution in [3.63, 3.8) is 0 Å². The van der Waals surface area contributed by atoms with Crippen LogP contribution in [0, 0.1) is 6.92 Å². The Morgan fingerprint density at radius 1 is 1.14 bits per heavy atom. The Bertz CT molecular complexity index is 1330. The number of para-hydroxylation sites is 1. The number of halogens is 6. The SMILES string of the molecule is Cc1ccc(Cl)cc1C(=O)N1CCC(F)(F)C(Oc2nc3ccccc3cc2OC(=O)C(F)(F)F)C1. The number of likely N-dealkylation sites (tertiary alicyclic amines) is 1. The van der Waals surface area contributed by atoms with E-state index in [0.29, 0.717) is 10.9 Å². The lowest BCUT2D eigenvalue weighted by molar-refractivity contribution is -0.190. The fraction of sp³-hybridized carbons (Fsp3) is 0.292. The highest BCUT2D eigenvalue weighted by Gasteiger charge is 2.48. The number of aryl methyl sites for hydroxylation is 1. The monoisotopic (exact) mass is 528 g/mol. The summed E-state index contributed by atoms with van der Waals surface area (Å²) in [7, 11) is 0. The van der Waals surface area contributed by atoms with E-state index < -0.39 is 54.7 Å². The summed E-state index contributed by atoms with van der Waals surface area (Å²) in [5, 5.41) is 0.578. The molecule has 1 amide bonds. The minimum Gasteiger partial charge on any atom is -0.463 e. The van der Waals surface area contributed by atoms with Crippen molar-refractivity contribution in [2.24, 2.45) is 0 Å². The summed E-state index contributed by atoms with van der Waals surface area (Å²) >= 11 is 5.97. The molecule has 2 aromatic carbocycles. The summed E-state index contributed by atoms with van der Waals surface area (Å²) < 4.78 is 77.9. The second kappa shape index (κ2) is 9.53. The van der Waals surface area contributed by atoms with Crippen molar-refractivity contribution in [1.29, 1.82) is 0 Å². The van der Waals surface area contributed by atoms with Crippen LogP contribution in [0.25, 0.3) is 10.9 Å². The topological polar surface area (TPSA) is 68.7 Å². The molecule has 2 heterocycles. The Kier molecular flexibility index (Phi) is 6.78. The van der Waals surface area contributed by atoms with Gasteiger partial charge in [0.15, 0.2) is 11.9 Å². The van der Waals surface area contributed by atoms with Gasteiger partial charge in [0.25, 0.3) is 17.7 Å². The van der Waals surface area contributed by atoms with E-state index in [2.05, 4.69) is 9.72 Å². The number of fused-ring (bicyclic) bond motifs is 1. The molecule has 0 N–H and O–H groups in total. The van der Waals surface area contributed by atoms with Gasteiger partial charge in [-0.3, -0.25) is 4.79 Å². The smallest absolute Gasteiger partial charge is 0.463 e. The van der Waals surface area contributed by atoms with Gasteiger partial charge < -0.3 is 14.4 Å². The molecule has 6 nitrogen and oxygen atoms in total. The number of rotatable bonds is 4. The van der Waals surface area contributed by atoms with Crippen LogP contribution in [0.4, 0.5) is 22.0 Å². The van der Waals surface area contributed by atoms with Crippen LogP contribution in [0.2, 0.25) is 5.02 Å². The van der Waals surface area contributed by atoms with Crippen molar-refractivity contribution >= 4 is 34.4 Å². The van der Waals surface area contributed by atoms with E-state index in [-0.39, 0.29) is 22.6 Å². The molecular weight excluding hydrogens is 511 g/mol. The standard InChI is InChI=1S/C24H18ClF5N2O4/c1-13-6-7-15(25)11-16(13)21(33)32-9-8-23(26,27)19(12-32)36-20-18(35-22(34)24(28,29)30)10-14-4-2-3-5-17(14)31-20/h2-7,10-11,19H,8-9,12H2,1H3. The van der Waals surface area contributed by atoms with Crippen molar-refractivity contribution in [3.8, 4) is 11.6 Å². The number of ether oxygens (including phenoxy) is 2. The summed E-state index contributed by atoms with van der Waals surface area (Å²) in [4.78, 5) is 29.6. The highest BCUT2D eigenvalue weighted by Crippen LogP contribution is 2.37. The van der Waals surface area contributed by atoms with E-state index in [4.69, 9.17) is 16.3 Å². The van der Waals surface area contributed by atoms with Crippen molar-refractivity contribution in [1.82, 2.24) is 9.88 Å². The van der Waals surface area contributed by atoms with Crippen LogP contribution in [-0.4, -0.2) is 53.1 Å². The molecule has 1 aliphatic heterocycles. The number of piperidine rings is 1.